The monoisotopic (exact) mass is 168 g/mol. The molecule has 0 aromatic heterocycles. The molecule has 0 amide bonds. The van der Waals surface area contributed by atoms with E-state index < -0.39 is 0 Å². The summed E-state index contributed by atoms with van der Waals surface area (Å²) in [6.07, 6.45) is 0.907. The summed E-state index contributed by atoms with van der Waals surface area (Å²) < 4.78 is 0. The van der Waals surface area contributed by atoms with Crippen LogP contribution in [0.1, 0.15) is 5.56 Å². The van der Waals surface area contributed by atoms with Crippen LogP contribution in [0.25, 0.3) is 0 Å². The van der Waals surface area contributed by atoms with Crippen LogP contribution in [-0.2, 0) is 6.42 Å². The van der Waals surface area contributed by atoms with Crippen LogP contribution in [0.2, 0.25) is 0 Å². The second-order valence-corrected chi connectivity index (χ2v) is 2.77. The predicted molar refractivity (Wildman–Crippen MR) is 46.2 cm³/mol. The minimum absolute atomic E-state index is 0.0383. The number of phenolic OH excluding ortho intramolecular Hbond substituents is 2. The molecule has 0 radical (unpaired) electrons. The first-order chi connectivity index (χ1) is 5.74. The number of benzene rings is 1. The van der Waals surface area contributed by atoms with Crippen LogP contribution in [0.5, 0.6) is 11.5 Å². The number of hydrogen-bond acceptors (Lipinski definition) is 2. The number of quaternary nitrogens is 1. The first-order valence-corrected chi connectivity index (χ1v) is 4.02. The predicted octanol–water partition coefficient (Wildman–Crippen LogP) is -0.166. The van der Waals surface area contributed by atoms with Crippen molar-refractivity contribution in [3.63, 3.8) is 0 Å². The van der Waals surface area contributed by atoms with E-state index in [9.17, 15) is 0 Å². The quantitative estimate of drug-likeness (QED) is 0.549. The third kappa shape index (κ3) is 2.13. The lowest BCUT2D eigenvalue weighted by molar-refractivity contribution is -0.626. The van der Waals surface area contributed by atoms with Gasteiger partial charge in [-0.05, 0) is 17.7 Å². The van der Waals surface area contributed by atoms with Crippen LogP contribution < -0.4 is 5.32 Å². The Balaban J connectivity index is 2.69. The van der Waals surface area contributed by atoms with Crippen LogP contribution >= 0.6 is 0 Å². The summed E-state index contributed by atoms with van der Waals surface area (Å²) in [6.45, 7) is 0.990. The van der Waals surface area contributed by atoms with E-state index in [1.165, 1.54) is 6.07 Å². The van der Waals surface area contributed by atoms with Crippen molar-refractivity contribution in [1.29, 1.82) is 0 Å². The van der Waals surface area contributed by atoms with E-state index in [1.807, 2.05) is 13.1 Å². The highest BCUT2D eigenvalue weighted by molar-refractivity contribution is 5.40. The van der Waals surface area contributed by atoms with E-state index in [1.54, 1.807) is 6.07 Å². The van der Waals surface area contributed by atoms with Gasteiger partial charge in [-0.3, -0.25) is 0 Å². The van der Waals surface area contributed by atoms with Gasteiger partial charge in [0, 0.05) is 6.42 Å². The smallest absolute Gasteiger partial charge is 0.157 e. The van der Waals surface area contributed by atoms with Gasteiger partial charge in [-0.2, -0.15) is 0 Å². The molecule has 0 fully saturated rings. The van der Waals surface area contributed by atoms with Gasteiger partial charge >= 0.3 is 0 Å². The summed E-state index contributed by atoms with van der Waals surface area (Å²) in [5, 5.41) is 20.2. The van der Waals surface area contributed by atoms with Gasteiger partial charge < -0.3 is 15.5 Å². The Morgan fingerprint density at radius 2 is 2.00 bits per heavy atom. The van der Waals surface area contributed by atoms with E-state index in [4.69, 9.17) is 10.2 Å². The van der Waals surface area contributed by atoms with Crippen molar-refractivity contribution in [2.45, 2.75) is 6.42 Å². The molecule has 1 rings (SSSR count). The lowest BCUT2D eigenvalue weighted by Gasteiger charge is -2.01. The zero-order valence-corrected chi connectivity index (χ0v) is 7.12. The zero-order chi connectivity index (χ0) is 8.97. The Hall–Kier alpha value is -1.22. The highest BCUT2D eigenvalue weighted by Crippen LogP contribution is 2.24. The molecule has 66 valence electrons. The van der Waals surface area contributed by atoms with Crippen molar-refractivity contribution < 1.29 is 15.5 Å². The van der Waals surface area contributed by atoms with Crippen LogP contribution in [-0.4, -0.2) is 23.8 Å². The molecule has 0 saturated carbocycles. The Morgan fingerprint density at radius 3 is 2.58 bits per heavy atom. The molecule has 4 N–H and O–H groups in total. The number of rotatable bonds is 3. The minimum Gasteiger partial charge on any atom is -0.504 e. The molecular weight excluding hydrogens is 154 g/mol. The molecule has 0 aliphatic carbocycles. The van der Waals surface area contributed by atoms with Crippen LogP contribution in [0.4, 0.5) is 0 Å². The first-order valence-electron chi connectivity index (χ1n) is 4.02. The molecule has 3 heteroatoms. The minimum atomic E-state index is -0.0563. The van der Waals surface area contributed by atoms with Crippen molar-refractivity contribution in [2.75, 3.05) is 13.6 Å². The van der Waals surface area contributed by atoms with Gasteiger partial charge in [0.05, 0.1) is 13.6 Å². The van der Waals surface area contributed by atoms with Gasteiger partial charge in [0.1, 0.15) is 0 Å². The third-order valence-electron chi connectivity index (χ3n) is 1.76. The maximum Gasteiger partial charge on any atom is 0.157 e. The summed E-state index contributed by atoms with van der Waals surface area (Å²) in [5.74, 6) is -0.0946. The summed E-state index contributed by atoms with van der Waals surface area (Å²) in [5.41, 5.74) is 1.04. The van der Waals surface area contributed by atoms with Crippen molar-refractivity contribution in [3.05, 3.63) is 23.8 Å². The van der Waals surface area contributed by atoms with Gasteiger partial charge in [-0.15, -0.1) is 0 Å². The molecule has 3 nitrogen and oxygen atoms in total. The standard InChI is InChI=1S/C9H13NO2/c1-10-5-4-7-2-3-8(11)9(12)6-7/h2-3,6,10-12H,4-5H2,1H3/p+1. The average Bonchev–Trinajstić information content (AvgIpc) is 2.07. The van der Waals surface area contributed by atoms with E-state index in [2.05, 4.69) is 5.32 Å². The molecule has 0 aliphatic rings. The summed E-state index contributed by atoms with van der Waals surface area (Å²) in [7, 11) is 2.00. The molecule has 1 aromatic rings. The van der Waals surface area contributed by atoms with Crippen LogP contribution in [0, 0.1) is 0 Å². The lowest BCUT2D eigenvalue weighted by atomic mass is 10.1. The van der Waals surface area contributed by atoms with Gasteiger partial charge in [-0.25, -0.2) is 0 Å². The zero-order valence-electron chi connectivity index (χ0n) is 7.12. The van der Waals surface area contributed by atoms with Gasteiger partial charge in [0.15, 0.2) is 11.5 Å². The van der Waals surface area contributed by atoms with Gasteiger partial charge in [-0.1, -0.05) is 6.07 Å². The maximum atomic E-state index is 9.14. The molecule has 0 unspecified atom stereocenters. The highest BCUT2D eigenvalue weighted by atomic mass is 16.3. The fourth-order valence-electron chi connectivity index (χ4n) is 1.04. The second-order valence-electron chi connectivity index (χ2n) is 2.77. The van der Waals surface area contributed by atoms with E-state index in [0.717, 1.165) is 18.5 Å². The molecular formula is C9H14NO2+. The second kappa shape index (κ2) is 3.97. The average molecular weight is 168 g/mol. The third-order valence-corrected chi connectivity index (χ3v) is 1.76. The molecule has 0 spiro atoms. The summed E-state index contributed by atoms with van der Waals surface area (Å²) in [4.78, 5) is 0. The van der Waals surface area contributed by atoms with Crippen molar-refractivity contribution >= 4 is 0 Å². The van der Waals surface area contributed by atoms with E-state index in [-0.39, 0.29) is 11.5 Å². The molecule has 0 aliphatic heterocycles. The molecule has 1 aromatic carbocycles. The van der Waals surface area contributed by atoms with Crippen molar-refractivity contribution in [1.82, 2.24) is 0 Å². The van der Waals surface area contributed by atoms with Crippen molar-refractivity contribution in [2.24, 2.45) is 0 Å². The van der Waals surface area contributed by atoms with Crippen molar-refractivity contribution in [3.8, 4) is 11.5 Å². The molecule has 0 heterocycles. The maximum absolute atomic E-state index is 9.14. The Labute approximate surface area is 71.7 Å². The number of likely N-dealkylation sites (N-methyl/N-ethyl adjacent to an activating group) is 1. The number of phenols is 2. The van der Waals surface area contributed by atoms with Crippen LogP contribution in [0.15, 0.2) is 18.2 Å². The fraction of sp³-hybridized carbons (Fsp3) is 0.333. The lowest BCUT2D eigenvalue weighted by Crippen LogP contribution is -2.80. The normalized spacial score (nSPS) is 10.1. The Morgan fingerprint density at radius 1 is 1.25 bits per heavy atom. The van der Waals surface area contributed by atoms with Gasteiger partial charge in [0.2, 0.25) is 0 Å². The molecule has 0 bridgehead atoms. The Bertz CT molecular complexity index is 261. The SMILES string of the molecule is C[NH2+]CCc1ccc(O)c(O)c1. The number of nitrogens with two attached hydrogens (primary N) is 1. The van der Waals surface area contributed by atoms with Crippen LogP contribution in [0.3, 0.4) is 0 Å². The van der Waals surface area contributed by atoms with Gasteiger partial charge in [0.25, 0.3) is 0 Å². The molecule has 0 saturated heterocycles. The largest absolute Gasteiger partial charge is 0.504 e. The number of aromatic hydroxyl groups is 2. The molecule has 0 atom stereocenters. The van der Waals surface area contributed by atoms with E-state index >= 15 is 0 Å². The van der Waals surface area contributed by atoms with E-state index in [0.29, 0.717) is 0 Å². The fourth-order valence-corrected chi connectivity index (χ4v) is 1.04. The molecule has 12 heavy (non-hydrogen) atoms. The Kier molecular flexibility index (Phi) is 2.94. The summed E-state index contributed by atoms with van der Waals surface area (Å²) in [6, 6.07) is 4.93. The first kappa shape index (κ1) is 8.87. The number of hydrogen-bond donors (Lipinski definition) is 3. The highest BCUT2D eigenvalue weighted by Gasteiger charge is 2.00. The topological polar surface area (TPSA) is 57.1 Å². The summed E-state index contributed by atoms with van der Waals surface area (Å²) >= 11 is 0.